The molecule has 0 radical (unpaired) electrons. The third-order valence-corrected chi connectivity index (χ3v) is 17.3. The van der Waals surface area contributed by atoms with E-state index in [0.717, 1.165) is 32.0 Å². The summed E-state index contributed by atoms with van der Waals surface area (Å²) in [6.07, 6.45) is -11.4. The minimum absolute atomic E-state index is 0.00118. The van der Waals surface area contributed by atoms with Gasteiger partial charge in [-0.15, -0.1) is 0 Å². The Morgan fingerprint density at radius 1 is 0.759 bits per heavy atom. The summed E-state index contributed by atoms with van der Waals surface area (Å²) in [6.45, 7) is 12.9. The topological polar surface area (TPSA) is 270 Å². The fourth-order valence-corrected chi connectivity index (χ4v) is 13.4. The van der Waals surface area contributed by atoms with Crippen molar-refractivity contribution in [3.63, 3.8) is 0 Å². The van der Waals surface area contributed by atoms with E-state index in [9.17, 15) is 60.3 Å². The Balaban J connectivity index is 1.18. The normalized spacial score (nSPS) is 53.8. The van der Waals surface area contributed by atoms with Crippen molar-refractivity contribution in [2.75, 3.05) is 6.61 Å². The Morgan fingerprint density at radius 3 is 1.98 bits per heavy atom. The van der Waals surface area contributed by atoms with E-state index in [-0.39, 0.29) is 40.6 Å². The summed E-state index contributed by atoms with van der Waals surface area (Å²) in [5, 5.41) is 94.7. The zero-order valence-electron chi connectivity index (χ0n) is 34.3. The fraction of sp³-hybridized carbons (Fsp3) is 0.881. The SMILES string of the molecule is CC1(C)[C@H](O[C@H]2O[C@@H](C(=O)O)[C@H](O)[C@@H](O)[C@@H]2O[C@@H]2O[C@H](C(=O)O)[C@H](O)[C@H](O)[C@@H]2O)CC[C@]2(C=O)[C@H]1CC[C@]1(C)[C@H]2CC=C2[C@@H]3C[C@](C)(CO)C[C@H](O)[C@@]3(C)CC[C@@]21C. The van der Waals surface area contributed by atoms with Crippen molar-refractivity contribution in [2.45, 2.75) is 173 Å². The average Bonchev–Trinajstić information content (AvgIpc) is 3.16. The van der Waals surface area contributed by atoms with Crippen LogP contribution in [0.3, 0.4) is 0 Å². The van der Waals surface area contributed by atoms with E-state index in [2.05, 4.69) is 33.8 Å². The first-order chi connectivity index (χ1) is 27.0. The van der Waals surface area contributed by atoms with Crippen LogP contribution in [0.25, 0.3) is 0 Å². The lowest BCUT2D eigenvalue weighted by Gasteiger charge is -2.71. The highest BCUT2D eigenvalue weighted by Crippen LogP contribution is 2.75. The van der Waals surface area contributed by atoms with E-state index in [0.29, 0.717) is 32.1 Å². The maximum Gasteiger partial charge on any atom is 0.335 e. The van der Waals surface area contributed by atoms with Crippen LogP contribution in [0.5, 0.6) is 0 Å². The predicted molar refractivity (Wildman–Crippen MR) is 200 cm³/mol. The zero-order chi connectivity index (χ0) is 42.7. The summed E-state index contributed by atoms with van der Waals surface area (Å²) in [5.41, 5.74) is -1.42. The number of carboxylic acids is 2. The Hall–Kier alpha value is -2.09. The van der Waals surface area contributed by atoms with Crippen molar-refractivity contribution in [3.8, 4) is 0 Å². The Kier molecular flexibility index (Phi) is 11.2. The molecule has 0 aromatic carbocycles. The van der Waals surface area contributed by atoms with Gasteiger partial charge >= 0.3 is 11.9 Å². The van der Waals surface area contributed by atoms with Gasteiger partial charge in [0.25, 0.3) is 0 Å². The molecule has 5 aliphatic carbocycles. The van der Waals surface area contributed by atoms with E-state index in [1.807, 2.05) is 13.8 Å². The zero-order valence-corrected chi connectivity index (χ0v) is 34.3. The molecule has 2 aliphatic heterocycles. The molecule has 6 fully saturated rings. The number of aliphatic hydroxyl groups excluding tert-OH is 7. The second-order valence-corrected chi connectivity index (χ2v) is 20.5. The molecule has 0 aromatic rings. The van der Waals surface area contributed by atoms with Crippen LogP contribution in [0, 0.1) is 50.2 Å². The van der Waals surface area contributed by atoms with Crippen molar-refractivity contribution < 1.29 is 79.3 Å². The number of allylic oxidation sites excluding steroid dienone is 2. The van der Waals surface area contributed by atoms with Crippen LogP contribution < -0.4 is 0 Å². The number of carboxylic acid groups (broad SMARTS) is 2. The van der Waals surface area contributed by atoms with Crippen LogP contribution in [-0.2, 0) is 33.3 Å². The minimum atomic E-state index is -2.05. The maximum absolute atomic E-state index is 13.8. The number of hydrogen-bond acceptors (Lipinski definition) is 14. The molecule has 16 heteroatoms. The number of fused-ring (bicyclic) bond motifs is 7. The largest absolute Gasteiger partial charge is 0.479 e. The Morgan fingerprint density at radius 2 is 1.38 bits per heavy atom. The van der Waals surface area contributed by atoms with Gasteiger partial charge in [0.1, 0.15) is 42.9 Å². The van der Waals surface area contributed by atoms with Crippen molar-refractivity contribution in [3.05, 3.63) is 11.6 Å². The molecule has 0 spiro atoms. The van der Waals surface area contributed by atoms with Crippen molar-refractivity contribution >= 4 is 18.2 Å². The second kappa shape index (κ2) is 14.8. The van der Waals surface area contributed by atoms with E-state index < -0.39 is 102 Å². The molecule has 7 rings (SSSR count). The van der Waals surface area contributed by atoms with Gasteiger partial charge in [-0.3, -0.25) is 0 Å². The van der Waals surface area contributed by atoms with Gasteiger partial charge in [-0.2, -0.15) is 0 Å². The molecule has 328 valence electrons. The van der Waals surface area contributed by atoms with E-state index >= 15 is 0 Å². The van der Waals surface area contributed by atoms with E-state index in [4.69, 9.17) is 18.9 Å². The van der Waals surface area contributed by atoms with Crippen LogP contribution in [0.4, 0.5) is 0 Å². The quantitative estimate of drug-likeness (QED) is 0.0943. The summed E-state index contributed by atoms with van der Waals surface area (Å²) < 4.78 is 23.4. The smallest absolute Gasteiger partial charge is 0.335 e. The number of aliphatic carboxylic acids is 2. The van der Waals surface area contributed by atoms with E-state index in [1.54, 1.807) is 0 Å². The number of hydrogen-bond donors (Lipinski definition) is 9. The van der Waals surface area contributed by atoms with Crippen LogP contribution in [0.2, 0.25) is 0 Å². The molecule has 7 aliphatic rings. The Labute approximate surface area is 338 Å². The first-order valence-corrected chi connectivity index (χ1v) is 20.9. The summed E-state index contributed by atoms with van der Waals surface area (Å²) in [5.74, 6) is -3.42. The summed E-state index contributed by atoms with van der Waals surface area (Å²) in [7, 11) is 0. The van der Waals surface area contributed by atoms with Crippen LogP contribution in [0.1, 0.15) is 99.3 Å². The van der Waals surface area contributed by atoms with Gasteiger partial charge in [-0.1, -0.05) is 53.2 Å². The van der Waals surface area contributed by atoms with Gasteiger partial charge in [-0.25, -0.2) is 9.59 Å². The van der Waals surface area contributed by atoms with Crippen molar-refractivity contribution in [1.82, 2.24) is 0 Å². The Bertz CT molecular complexity index is 1650. The number of aldehydes is 1. The van der Waals surface area contributed by atoms with Crippen LogP contribution in [0.15, 0.2) is 11.6 Å². The standard InChI is InChI=1S/C42H64O16/c1-37(2)21-9-11-41(6)22(8-7-19-20-15-38(3,17-43)16-23(45)39(20,4)13-14-40(19,41)5)42(21,18-44)12-10-24(37)55-36-32(28(49)27(48)31(57-36)34(53)54)58-35-29(50)25(46)26(47)30(56-35)33(51)52/h7,18,20-32,35-36,43,45-50H,8-17H2,1-6H3,(H,51,52)(H,53,54)/t20-,21-,22+,23-,24+,25-,26+,27+,28+,29-,30-,31+,32-,35-,36-,38-,39-,40-,41+,42-/m0/s1. The highest BCUT2D eigenvalue weighted by Gasteiger charge is 2.70. The lowest BCUT2D eigenvalue weighted by atomic mass is 9.33. The molecule has 0 aromatic heterocycles. The lowest BCUT2D eigenvalue weighted by Crippen LogP contribution is -2.68. The molecule has 0 amide bonds. The molecule has 2 heterocycles. The van der Waals surface area contributed by atoms with Crippen LogP contribution in [-0.4, -0.2) is 144 Å². The van der Waals surface area contributed by atoms with Crippen LogP contribution >= 0.6 is 0 Å². The van der Waals surface area contributed by atoms with Gasteiger partial charge in [0, 0.05) is 17.4 Å². The molecule has 0 unspecified atom stereocenters. The number of ether oxygens (including phenoxy) is 4. The van der Waals surface area contributed by atoms with Gasteiger partial charge in [-0.05, 0) is 97.2 Å². The highest BCUT2D eigenvalue weighted by molar-refractivity contribution is 5.74. The van der Waals surface area contributed by atoms with Crippen molar-refractivity contribution in [2.24, 2.45) is 50.2 Å². The van der Waals surface area contributed by atoms with Gasteiger partial charge in [0.05, 0.1) is 12.2 Å². The molecule has 9 N–H and O–H groups in total. The molecule has 2 saturated heterocycles. The average molecular weight is 825 g/mol. The number of carbonyl (C=O) groups excluding carboxylic acids is 1. The van der Waals surface area contributed by atoms with Gasteiger partial charge in [0.15, 0.2) is 24.8 Å². The monoisotopic (exact) mass is 824 g/mol. The summed E-state index contributed by atoms with van der Waals surface area (Å²) in [6, 6.07) is 0. The third-order valence-electron chi connectivity index (χ3n) is 17.3. The highest BCUT2D eigenvalue weighted by atomic mass is 16.8. The third kappa shape index (κ3) is 6.29. The van der Waals surface area contributed by atoms with E-state index in [1.165, 1.54) is 5.57 Å². The molecular formula is C42H64O16. The number of carbonyl (C=O) groups is 3. The lowest BCUT2D eigenvalue weighted by molar-refractivity contribution is -0.371. The first-order valence-electron chi connectivity index (χ1n) is 20.9. The predicted octanol–water partition coefficient (Wildman–Crippen LogP) is 1.12. The first kappa shape index (κ1) is 44.0. The fourth-order valence-electron chi connectivity index (χ4n) is 13.4. The summed E-state index contributed by atoms with van der Waals surface area (Å²) in [4.78, 5) is 37.8. The molecule has 58 heavy (non-hydrogen) atoms. The second-order valence-electron chi connectivity index (χ2n) is 20.5. The molecule has 16 nitrogen and oxygen atoms in total. The molecular weight excluding hydrogens is 760 g/mol. The number of aliphatic hydroxyl groups is 7. The molecule has 4 saturated carbocycles. The summed E-state index contributed by atoms with van der Waals surface area (Å²) >= 11 is 0. The van der Waals surface area contributed by atoms with Gasteiger partial charge < -0.3 is 69.7 Å². The molecule has 0 bridgehead atoms. The van der Waals surface area contributed by atoms with Gasteiger partial charge in [0.2, 0.25) is 0 Å². The number of rotatable bonds is 8. The minimum Gasteiger partial charge on any atom is -0.479 e. The molecule has 20 atom stereocenters. The maximum atomic E-state index is 13.8. The van der Waals surface area contributed by atoms with Crippen molar-refractivity contribution in [1.29, 1.82) is 0 Å².